The van der Waals surface area contributed by atoms with Crippen LogP contribution in [0.1, 0.15) is 64.8 Å². The minimum Gasteiger partial charge on any atom is -0.481 e. The van der Waals surface area contributed by atoms with E-state index in [9.17, 15) is 23.1 Å². The van der Waals surface area contributed by atoms with Crippen LogP contribution in [0.5, 0.6) is 5.88 Å². The lowest BCUT2D eigenvalue weighted by atomic mass is 9.90. The summed E-state index contributed by atoms with van der Waals surface area (Å²) in [4.78, 5) is 15.7. The van der Waals surface area contributed by atoms with E-state index in [0.29, 0.717) is 5.88 Å². The van der Waals surface area contributed by atoms with Crippen LogP contribution in [-0.2, 0) is 29.5 Å². The molecule has 3 aliphatic rings. The van der Waals surface area contributed by atoms with E-state index >= 15 is 0 Å². The van der Waals surface area contributed by atoms with E-state index < -0.39 is 29.3 Å². The number of fused-ring (bicyclic) bond motifs is 4. The number of hydrogen-bond donors (Lipinski definition) is 2. The monoisotopic (exact) mass is 494 g/mol. The van der Waals surface area contributed by atoms with Crippen LogP contribution >= 0.6 is 0 Å². The number of benzene rings is 2. The summed E-state index contributed by atoms with van der Waals surface area (Å²) in [6.07, 6.45) is -2.01. The smallest absolute Gasteiger partial charge is 0.416 e. The van der Waals surface area contributed by atoms with Gasteiger partial charge in [-0.15, -0.1) is 0 Å². The van der Waals surface area contributed by atoms with Crippen molar-refractivity contribution in [3.05, 3.63) is 93.7 Å². The fraction of sp³-hybridized carbons (Fsp3) is 0.357. The van der Waals surface area contributed by atoms with Crippen molar-refractivity contribution in [1.29, 1.82) is 0 Å². The Morgan fingerprint density at radius 1 is 1.14 bits per heavy atom. The average Bonchev–Trinajstić information content (AvgIpc) is 3.32. The molecule has 0 amide bonds. The molecule has 2 heterocycles. The molecule has 2 N–H and O–H groups in total. The minimum atomic E-state index is -4.45. The second-order valence-electron chi connectivity index (χ2n) is 10.5. The van der Waals surface area contributed by atoms with Crippen molar-refractivity contribution < 1.29 is 27.8 Å². The van der Waals surface area contributed by atoms with Crippen molar-refractivity contribution in [1.82, 2.24) is 10.3 Å². The highest BCUT2D eigenvalue weighted by Crippen LogP contribution is 2.61. The van der Waals surface area contributed by atoms with Gasteiger partial charge in [0.05, 0.1) is 17.5 Å². The molecule has 1 unspecified atom stereocenters. The van der Waals surface area contributed by atoms with Gasteiger partial charge in [0.2, 0.25) is 5.88 Å². The van der Waals surface area contributed by atoms with Crippen LogP contribution < -0.4 is 10.1 Å². The third-order valence-electron chi connectivity index (χ3n) is 7.84. The molecule has 2 aliphatic carbocycles. The second kappa shape index (κ2) is 7.80. The van der Waals surface area contributed by atoms with Crippen LogP contribution in [0.25, 0.3) is 0 Å². The Labute approximate surface area is 206 Å². The maximum absolute atomic E-state index is 13.8. The lowest BCUT2D eigenvalue weighted by Crippen LogP contribution is -2.32. The summed E-state index contributed by atoms with van der Waals surface area (Å²) < 4.78 is 47.2. The zero-order valence-corrected chi connectivity index (χ0v) is 19.8. The molecule has 1 saturated carbocycles. The zero-order chi connectivity index (χ0) is 25.4. The molecule has 1 aromatic heterocycles. The number of aliphatic carboxylic acids is 1. The van der Waals surface area contributed by atoms with E-state index in [1.807, 2.05) is 38.1 Å². The van der Waals surface area contributed by atoms with Gasteiger partial charge in [0.1, 0.15) is 6.61 Å². The summed E-state index contributed by atoms with van der Waals surface area (Å²) >= 11 is 0. The van der Waals surface area contributed by atoms with Crippen molar-refractivity contribution in [2.45, 2.75) is 50.6 Å². The number of alkyl halides is 3. The number of nitrogens with zero attached hydrogens (tertiary/aromatic N) is 1. The number of ether oxygens (including phenoxy) is 1. The van der Waals surface area contributed by atoms with Gasteiger partial charge >= 0.3 is 12.1 Å². The van der Waals surface area contributed by atoms with Crippen LogP contribution in [-0.4, -0.2) is 16.1 Å². The zero-order valence-electron chi connectivity index (χ0n) is 19.8. The Bertz CT molecular complexity index is 1380. The molecule has 8 heteroatoms. The molecule has 1 fully saturated rings. The molecule has 186 valence electrons. The van der Waals surface area contributed by atoms with Gasteiger partial charge in [0, 0.05) is 23.7 Å². The highest BCUT2D eigenvalue weighted by Gasteiger charge is 2.60. The first-order valence-corrected chi connectivity index (χ1v) is 12.0. The number of aromatic nitrogens is 1. The van der Waals surface area contributed by atoms with Gasteiger partial charge in [-0.2, -0.15) is 13.2 Å². The summed E-state index contributed by atoms with van der Waals surface area (Å²) in [6.45, 7) is 4.15. The van der Waals surface area contributed by atoms with E-state index in [0.717, 1.165) is 40.3 Å². The largest absolute Gasteiger partial charge is 0.481 e. The third kappa shape index (κ3) is 3.66. The van der Waals surface area contributed by atoms with E-state index in [1.165, 1.54) is 12.1 Å². The fourth-order valence-electron chi connectivity index (χ4n) is 6.12. The van der Waals surface area contributed by atoms with Gasteiger partial charge < -0.3 is 9.84 Å². The predicted octanol–water partition coefficient (Wildman–Crippen LogP) is 5.58. The van der Waals surface area contributed by atoms with E-state index in [2.05, 4.69) is 10.3 Å². The fourth-order valence-corrected chi connectivity index (χ4v) is 6.12. The normalized spacial score (nSPS) is 25.1. The van der Waals surface area contributed by atoms with Crippen molar-refractivity contribution in [2.24, 2.45) is 11.8 Å². The second-order valence-corrected chi connectivity index (χ2v) is 10.5. The predicted molar refractivity (Wildman–Crippen MR) is 126 cm³/mol. The molecule has 3 aromatic rings. The van der Waals surface area contributed by atoms with Gasteiger partial charge in [-0.3, -0.25) is 10.1 Å². The number of hydrogen-bond acceptors (Lipinski definition) is 4. The maximum Gasteiger partial charge on any atom is 0.416 e. The molecular formula is C28H25F3N2O3. The Morgan fingerprint density at radius 3 is 2.67 bits per heavy atom. The number of rotatable bonds is 5. The highest BCUT2D eigenvalue weighted by atomic mass is 19.4. The van der Waals surface area contributed by atoms with E-state index in [-0.39, 0.29) is 29.9 Å². The number of nitrogens with one attached hydrogen (secondary N) is 1. The Hall–Kier alpha value is -3.39. The number of carbonyl (C=O) groups is 1. The SMILES string of the molecule is CC1(C)NC(c2ccccc2C(F)(F)F)c2cc(COc3cc4c(cn3)[C@H]3[C@@H](C4)[C@@H]3C(=O)O)ccc21. The standard InChI is InChI=1S/C28H25F3N2O3/c1-27(2)20-8-7-14(9-17(20)25(33-27)16-5-3-4-6-21(16)28(29,30)31)13-36-22-11-15-10-18-23(19(15)12-32-22)24(18)26(34)35/h3-9,11-12,18,23-25,33H,10,13H2,1-2H3,(H,34,35)/t18-,23-,24+,25?/m1/s1. The van der Waals surface area contributed by atoms with Gasteiger partial charge in [-0.05, 0) is 65.6 Å². The summed E-state index contributed by atoms with van der Waals surface area (Å²) in [5.74, 6) is -0.381. The molecule has 0 radical (unpaired) electrons. The summed E-state index contributed by atoms with van der Waals surface area (Å²) in [6, 6.07) is 12.8. The molecule has 5 nitrogen and oxygen atoms in total. The van der Waals surface area contributed by atoms with Crippen LogP contribution in [0.2, 0.25) is 0 Å². The average molecular weight is 495 g/mol. The maximum atomic E-state index is 13.8. The first kappa shape index (κ1) is 23.0. The third-order valence-corrected chi connectivity index (χ3v) is 7.84. The van der Waals surface area contributed by atoms with Crippen molar-refractivity contribution in [3.8, 4) is 5.88 Å². The van der Waals surface area contributed by atoms with E-state index in [1.54, 1.807) is 12.3 Å². The quantitative estimate of drug-likeness (QED) is 0.485. The summed E-state index contributed by atoms with van der Waals surface area (Å²) in [7, 11) is 0. The highest BCUT2D eigenvalue weighted by molar-refractivity contribution is 5.77. The molecule has 2 aromatic carbocycles. The molecule has 6 rings (SSSR count). The summed E-state index contributed by atoms with van der Waals surface area (Å²) in [5, 5.41) is 12.7. The number of carboxylic acid groups (broad SMARTS) is 1. The molecular weight excluding hydrogens is 469 g/mol. The minimum absolute atomic E-state index is 0.0584. The van der Waals surface area contributed by atoms with Gasteiger partial charge in [0.25, 0.3) is 0 Å². The van der Waals surface area contributed by atoms with Crippen LogP contribution in [0.4, 0.5) is 13.2 Å². The van der Waals surface area contributed by atoms with Crippen LogP contribution in [0, 0.1) is 11.8 Å². The van der Waals surface area contributed by atoms with E-state index in [4.69, 9.17) is 4.74 Å². The van der Waals surface area contributed by atoms with Crippen molar-refractivity contribution in [3.63, 3.8) is 0 Å². The van der Waals surface area contributed by atoms with Crippen LogP contribution in [0.3, 0.4) is 0 Å². The van der Waals surface area contributed by atoms with Gasteiger partial charge in [0.15, 0.2) is 0 Å². The Morgan fingerprint density at radius 2 is 1.92 bits per heavy atom. The first-order valence-electron chi connectivity index (χ1n) is 12.0. The Balaban J connectivity index is 1.25. The molecule has 0 spiro atoms. The van der Waals surface area contributed by atoms with Crippen molar-refractivity contribution in [2.75, 3.05) is 0 Å². The van der Waals surface area contributed by atoms with Gasteiger partial charge in [-0.1, -0.05) is 36.4 Å². The molecule has 1 aliphatic heterocycles. The number of halogens is 3. The molecule has 36 heavy (non-hydrogen) atoms. The molecule has 0 saturated heterocycles. The lowest BCUT2D eigenvalue weighted by Gasteiger charge is -2.23. The Kier molecular flexibility index (Phi) is 4.99. The van der Waals surface area contributed by atoms with Crippen molar-refractivity contribution >= 4 is 5.97 Å². The first-order chi connectivity index (χ1) is 17.0. The van der Waals surface area contributed by atoms with Crippen LogP contribution in [0.15, 0.2) is 54.7 Å². The lowest BCUT2D eigenvalue weighted by molar-refractivity contribution is -0.139. The van der Waals surface area contributed by atoms with Gasteiger partial charge in [-0.25, -0.2) is 4.98 Å². The topological polar surface area (TPSA) is 71.5 Å². The molecule has 4 atom stereocenters. The number of pyridine rings is 1. The summed E-state index contributed by atoms with van der Waals surface area (Å²) in [5.41, 5.74) is 3.74. The number of carboxylic acids is 1. The molecule has 0 bridgehead atoms.